The summed E-state index contributed by atoms with van der Waals surface area (Å²) >= 11 is 0. The first kappa shape index (κ1) is 31.1. The summed E-state index contributed by atoms with van der Waals surface area (Å²) in [6.45, 7) is 0. The quantitative estimate of drug-likeness (QED) is 0.168. The van der Waals surface area contributed by atoms with Crippen molar-refractivity contribution in [2.45, 2.75) is 0 Å². The maximum absolute atomic E-state index is 5.54. The van der Waals surface area contributed by atoms with Gasteiger partial charge in [-0.05, 0) is 47.3 Å². The number of rotatable bonds is 5. The van der Waals surface area contributed by atoms with Crippen molar-refractivity contribution < 1.29 is 0 Å². The van der Waals surface area contributed by atoms with E-state index in [9.17, 15) is 0 Å². The second-order valence-corrected chi connectivity index (χ2v) is 14.0. The molecule has 0 aliphatic heterocycles. The molecule has 3 aromatic heterocycles. The van der Waals surface area contributed by atoms with Crippen LogP contribution in [0.2, 0.25) is 0 Å². The minimum atomic E-state index is 0.720. The van der Waals surface area contributed by atoms with Crippen LogP contribution in [0, 0.1) is 0 Å². The lowest BCUT2D eigenvalue weighted by atomic mass is 9.94. The number of hydrogen-bond donors (Lipinski definition) is 0. The predicted molar refractivity (Wildman–Crippen MR) is 228 cm³/mol. The van der Waals surface area contributed by atoms with Gasteiger partial charge < -0.3 is 4.57 Å². The molecule has 0 radical (unpaired) electrons. The van der Waals surface area contributed by atoms with Crippen molar-refractivity contribution in [2.75, 3.05) is 0 Å². The van der Waals surface area contributed by atoms with Crippen molar-refractivity contribution in [3.63, 3.8) is 0 Å². The molecule has 256 valence electrons. The molecule has 0 saturated heterocycles. The molecule has 0 fully saturated rings. The lowest BCUT2D eigenvalue weighted by molar-refractivity contribution is 1.18. The first-order chi connectivity index (χ1) is 27.3. The second kappa shape index (κ2) is 12.6. The molecule has 0 saturated carbocycles. The van der Waals surface area contributed by atoms with Crippen LogP contribution < -0.4 is 0 Å². The van der Waals surface area contributed by atoms with E-state index in [2.05, 4.69) is 174 Å². The molecular weight excluding hydrogens is 669 g/mol. The zero-order chi connectivity index (χ0) is 36.3. The van der Waals surface area contributed by atoms with Gasteiger partial charge in [0.1, 0.15) is 0 Å². The normalized spacial score (nSPS) is 11.6. The third kappa shape index (κ3) is 5.11. The molecular formula is C51H32N4. The number of fused-ring (bicyclic) bond motifs is 7. The Morgan fingerprint density at radius 3 is 1.71 bits per heavy atom. The monoisotopic (exact) mass is 700 g/mol. The van der Waals surface area contributed by atoms with E-state index in [1.54, 1.807) is 0 Å². The molecule has 3 heterocycles. The Morgan fingerprint density at radius 2 is 0.927 bits per heavy atom. The molecule has 8 aromatic carbocycles. The van der Waals surface area contributed by atoms with E-state index in [-0.39, 0.29) is 0 Å². The summed E-state index contributed by atoms with van der Waals surface area (Å²) in [5.74, 6) is 0.720. The highest BCUT2D eigenvalue weighted by molar-refractivity contribution is 6.21. The summed E-state index contributed by atoms with van der Waals surface area (Å²) in [7, 11) is 0. The Labute approximate surface area is 317 Å². The topological polar surface area (TPSA) is 43.6 Å². The van der Waals surface area contributed by atoms with Gasteiger partial charge >= 0.3 is 0 Å². The maximum Gasteiger partial charge on any atom is 0.160 e. The molecule has 0 aliphatic rings. The number of hydrogen-bond acceptors (Lipinski definition) is 3. The van der Waals surface area contributed by atoms with Gasteiger partial charge in [-0.25, -0.2) is 15.0 Å². The summed E-state index contributed by atoms with van der Waals surface area (Å²) in [6.07, 6.45) is 0. The smallest absolute Gasteiger partial charge is 0.160 e. The fourth-order valence-electron chi connectivity index (χ4n) is 8.21. The largest absolute Gasteiger partial charge is 0.309 e. The molecule has 0 aliphatic carbocycles. The van der Waals surface area contributed by atoms with Crippen LogP contribution in [0.25, 0.3) is 105 Å². The second-order valence-electron chi connectivity index (χ2n) is 14.0. The third-order valence-electron chi connectivity index (χ3n) is 10.8. The van der Waals surface area contributed by atoms with E-state index in [0.29, 0.717) is 0 Å². The van der Waals surface area contributed by atoms with E-state index in [1.165, 1.54) is 27.2 Å². The van der Waals surface area contributed by atoms with Gasteiger partial charge in [-0.3, -0.25) is 0 Å². The Bertz CT molecular complexity index is 3220. The van der Waals surface area contributed by atoms with Crippen LogP contribution in [-0.4, -0.2) is 19.5 Å². The first-order valence-electron chi connectivity index (χ1n) is 18.6. The highest BCUT2D eigenvalue weighted by atomic mass is 15.0. The summed E-state index contributed by atoms with van der Waals surface area (Å²) in [5.41, 5.74) is 12.6. The van der Waals surface area contributed by atoms with E-state index >= 15 is 0 Å². The summed E-state index contributed by atoms with van der Waals surface area (Å²) < 4.78 is 2.39. The molecule has 0 atom stereocenters. The van der Waals surface area contributed by atoms with Gasteiger partial charge in [0, 0.05) is 54.9 Å². The average Bonchev–Trinajstić information content (AvgIpc) is 3.59. The van der Waals surface area contributed by atoms with Crippen LogP contribution in [0.5, 0.6) is 0 Å². The van der Waals surface area contributed by atoms with Gasteiger partial charge in [0.05, 0.1) is 33.5 Å². The van der Waals surface area contributed by atoms with Gasteiger partial charge in [-0.1, -0.05) is 158 Å². The molecule has 0 spiro atoms. The molecule has 11 rings (SSSR count). The SMILES string of the molecule is c1ccc(-c2nc(-c3ccc(-c4cccc5c4nc(-c4ccccc4)c4cc6c7ccccc7n(-c7ccccc7)c6cc45)cc3)c3ccccc3n2)cc1. The van der Waals surface area contributed by atoms with Crippen molar-refractivity contribution in [1.29, 1.82) is 0 Å². The van der Waals surface area contributed by atoms with Gasteiger partial charge in [0.2, 0.25) is 0 Å². The predicted octanol–water partition coefficient (Wildman–Crippen LogP) is 13.1. The van der Waals surface area contributed by atoms with E-state index in [4.69, 9.17) is 15.0 Å². The van der Waals surface area contributed by atoms with Crippen molar-refractivity contribution in [2.24, 2.45) is 0 Å². The molecule has 0 bridgehead atoms. The molecule has 0 unspecified atom stereocenters. The first-order valence-corrected chi connectivity index (χ1v) is 18.6. The lowest BCUT2D eigenvalue weighted by Crippen LogP contribution is -1.96. The van der Waals surface area contributed by atoms with E-state index < -0.39 is 0 Å². The Morgan fingerprint density at radius 1 is 0.327 bits per heavy atom. The standard InChI is InChI=1S/C51H32N4/c1-4-15-34(16-5-1)49-44-31-43-39-21-11-13-26-46(39)55(37-19-8-3-9-20-37)47(43)32-42(44)40-24-14-23-38(50(40)53-49)33-27-29-35(30-28-33)48-41-22-10-12-25-45(41)52-51(54-48)36-17-6-2-7-18-36/h1-32H. The Kier molecular flexibility index (Phi) is 7.14. The number of pyridine rings is 1. The van der Waals surface area contributed by atoms with Crippen molar-refractivity contribution in [3.05, 3.63) is 194 Å². The molecule has 0 N–H and O–H groups in total. The Hall–Kier alpha value is -7.43. The molecule has 4 heteroatoms. The zero-order valence-corrected chi connectivity index (χ0v) is 29.8. The highest BCUT2D eigenvalue weighted by Crippen LogP contribution is 2.42. The van der Waals surface area contributed by atoms with Crippen LogP contribution in [0.3, 0.4) is 0 Å². The third-order valence-corrected chi connectivity index (χ3v) is 10.8. The van der Waals surface area contributed by atoms with Crippen LogP contribution in [-0.2, 0) is 0 Å². The highest BCUT2D eigenvalue weighted by Gasteiger charge is 2.19. The number of aromatic nitrogens is 4. The van der Waals surface area contributed by atoms with E-state index in [0.717, 1.165) is 77.9 Å². The minimum Gasteiger partial charge on any atom is -0.309 e. The van der Waals surface area contributed by atoms with Crippen molar-refractivity contribution >= 4 is 54.4 Å². The summed E-state index contributed by atoms with van der Waals surface area (Å²) in [4.78, 5) is 15.6. The average molecular weight is 701 g/mol. The summed E-state index contributed by atoms with van der Waals surface area (Å²) in [6, 6.07) is 68.5. The van der Waals surface area contributed by atoms with Gasteiger partial charge in [-0.2, -0.15) is 0 Å². The van der Waals surface area contributed by atoms with E-state index in [1.807, 2.05) is 24.3 Å². The molecule has 11 aromatic rings. The summed E-state index contributed by atoms with van der Waals surface area (Å²) in [5, 5.41) is 6.90. The fourth-order valence-corrected chi connectivity index (χ4v) is 8.21. The van der Waals surface area contributed by atoms with Gasteiger partial charge in [0.25, 0.3) is 0 Å². The molecule has 0 amide bonds. The van der Waals surface area contributed by atoms with Crippen LogP contribution in [0.15, 0.2) is 194 Å². The number of nitrogens with zero attached hydrogens (tertiary/aromatic N) is 4. The Balaban J connectivity index is 1.14. The zero-order valence-electron chi connectivity index (χ0n) is 29.8. The lowest BCUT2D eigenvalue weighted by Gasteiger charge is -2.15. The van der Waals surface area contributed by atoms with Gasteiger partial charge in [0.15, 0.2) is 5.82 Å². The number of benzene rings is 8. The van der Waals surface area contributed by atoms with Crippen molar-refractivity contribution in [1.82, 2.24) is 19.5 Å². The van der Waals surface area contributed by atoms with Gasteiger partial charge in [-0.15, -0.1) is 0 Å². The van der Waals surface area contributed by atoms with Crippen molar-refractivity contribution in [3.8, 4) is 50.7 Å². The van der Waals surface area contributed by atoms with Crippen LogP contribution >= 0.6 is 0 Å². The fraction of sp³-hybridized carbons (Fsp3) is 0. The van der Waals surface area contributed by atoms with Crippen LogP contribution in [0.4, 0.5) is 0 Å². The molecule has 4 nitrogen and oxygen atoms in total. The molecule has 55 heavy (non-hydrogen) atoms. The van der Waals surface area contributed by atoms with Crippen LogP contribution in [0.1, 0.15) is 0 Å². The minimum absolute atomic E-state index is 0.720. The number of para-hydroxylation sites is 4. The maximum atomic E-state index is 5.54.